The molecule has 1 aromatic rings. The lowest BCUT2D eigenvalue weighted by Gasteiger charge is -2.21. The Morgan fingerprint density at radius 3 is 2.74 bits per heavy atom. The highest BCUT2D eigenvalue weighted by Crippen LogP contribution is 2.16. The summed E-state index contributed by atoms with van der Waals surface area (Å²) in [5.74, 6) is 1.06. The van der Waals surface area contributed by atoms with Gasteiger partial charge in [0.15, 0.2) is 0 Å². The number of rotatable bonds is 7. The van der Waals surface area contributed by atoms with Crippen LogP contribution in [0.2, 0.25) is 0 Å². The molecule has 1 aromatic heterocycles. The van der Waals surface area contributed by atoms with E-state index in [0.29, 0.717) is 18.8 Å². The summed E-state index contributed by atoms with van der Waals surface area (Å²) in [6, 6.07) is 1.78. The zero-order valence-electron chi connectivity index (χ0n) is 11.9. The van der Waals surface area contributed by atoms with E-state index in [1.807, 2.05) is 25.7 Å². The topological polar surface area (TPSA) is 64.6 Å². The maximum atomic E-state index is 11.2. The van der Waals surface area contributed by atoms with Crippen LogP contribution in [-0.4, -0.2) is 42.2 Å². The van der Waals surface area contributed by atoms with Crippen molar-refractivity contribution in [2.24, 2.45) is 0 Å². The first-order valence-electron chi connectivity index (χ1n) is 6.37. The van der Waals surface area contributed by atoms with Crippen molar-refractivity contribution >= 4 is 11.8 Å². The molecule has 106 valence electrons. The Kier molecular flexibility index (Phi) is 6.05. The highest BCUT2D eigenvalue weighted by Gasteiger charge is 2.11. The van der Waals surface area contributed by atoms with Crippen LogP contribution in [0.3, 0.4) is 0 Å². The molecule has 6 nitrogen and oxygen atoms in total. The highest BCUT2D eigenvalue weighted by molar-refractivity contribution is 5.69. The van der Waals surface area contributed by atoms with Gasteiger partial charge in [0, 0.05) is 19.2 Å². The molecule has 0 amide bonds. The van der Waals surface area contributed by atoms with E-state index in [1.54, 1.807) is 6.07 Å². The van der Waals surface area contributed by atoms with E-state index < -0.39 is 0 Å². The number of hydrogen-bond acceptors (Lipinski definition) is 6. The molecule has 0 saturated heterocycles. The van der Waals surface area contributed by atoms with Gasteiger partial charge in [0.05, 0.1) is 19.6 Å². The number of ether oxygens (including phenoxy) is 2. The molecule has 1 rings (SSSR count). The average Bonchev–Trinajstić information content (AvgIpc) is 2.38. The van der Waals surface area contributed by atoms with Crippen LogP contribution in [0.15, 0.2) is 12.4 Å². The Morgan fingerprint density at radius 1 is 1.42 bits per heavy atom. The molecular formula is C13H21N3O3. The molecule has 0 saturated carbocycles. The van der Waals surface area contributed by atoms with Crippen LogP contribution in [0.4, 0.5) is 5.82 Å². The van der Waals surface area contributed by atoms with E-state index in [9.17, 15) is 4.79 Å². The molecular weight excluding hydrogens is 246 g/mol. The number of nitrogens with zero attached hydrogens (tertiary/aromatic N) is 3. The van der Waals surface area contributed by atoms with Crippen molar-refractivity contribution in [3.8, 4) is 5.88 Å². The molecule has 0 N–H and O–H groups in total. The smallest absolute Gasteiger partial charge is 0.307 e. The minimum atomic E-state index is -0.230. The van der Waals surface area contributed by atoms with Crippen LogP contribution in [0.1, 0.15) is 27.2 Å². The van der Waals surface area contributed by atoms with Crippen molar-refractivity contribution in [2.75, 3.05) is 25.1 Å². The molecule has 0 radical (unpaired) electrons. The number of carbonyl (C=O) groups is 1. The zero-order chi connectivity index (χ0) is 14.3. The second kappa shape index (κ2) is 7.56. The van der Waals surface area contributed by atoms with Gasteiger partial charge < -0.3 is 14.4 Å². The Hall–Kier alpha value is -1.85. The summed E-state index contributed by atoms with van der Waals surface area (Å²) in [5, 5.41) is 0. The van der Waals surface area contributed by atoms with Crippen molar-refractivity contribution in [2.45, 2.75) is 33.3 Å². The average molecular weight is 267 g/mol. The summed E-state index contributed by atoms with van der Waals surface area (Å²) >= 11 is 0. The molecule has 0 unspecified atom stereocenters. The Bertz CT molecular complexity index is 410. The third-order valence-corrected chi connectivity index (χ3v) is 2.50. The molecule has 0 bridgehead atoms. The lowest BCUT2D eigenvalue weighted by atomic mass is 10.3. The predicted molar refractivity (Wildman–Crippen MR) is 72.3 cm³/mol. The van der Waals surface area contributed by atoms with Crippen LogP contribution in [-0.2, 0) is 9.53 Å². The molecule has 0 aliphatic rings. The van der Waals surface area contributed by atoms with Crippen molar-refractivity contribution in [1.82, 2.24) is 9.97 Å². The quantitative estimate of drug-likeness (QED) is 0.700. The number of methoxy groups -OCH3 is 1. The molecule has 0 aromatic carbocycles. The molecule has 6 heteroatoms. The van der Waals surface area contributed by atoms with E-state index >= 15 is 0 Å². The fraction of sp³-hybridized carbons (Fsp3) is 0.615. The predicted octanol–water partition coefficient (Wildman–Crippen LogP) is 1.65. The van der Waals surface area contributed by atoms with Crippen LogP contribution in [0.5, 0.6) is 5.88 Å². The summed E-state index contributed by atoms with van der Waals surface area (Å²) < 4.78 is 10.2. The van der Waals surface area contributed by atoms with Gasteiger partial charge in [-0.2, -0.15) is 0 Å². The van der Waals surface area contributed by atoms with Crippen LogP contribution >= 0.6 is 0 Å². The monoisotopic (exact) mass is 267 g/mol. The van der Waals surface area contributed by atoms with Crippen LogP contribution in [0.25, 0.3) is 0 Å². The number of anilines is 1. The van der Waals surface area contributed by atoms with Crippen LogP contribution < -0.4 is 9.64 Å². The maximum absolute atomic E-state index is 11.2. The molecule has 19 heavy (non-hydrogen) atoms. The summed E-state index contributed by atoms with van der Waals surface area (Å²) in [5.41, 5.74) is 0. The zero-order valence-corrected chi connectivity index (χ0v) is 11.9. The molecule has 0 aliphatic heterocycles. The van der Waals surface area contributed by atoms with Gasteiger partial charge in [-0.1, -0.05) is 0 Å². The summed E-state index contributed by atoms with van der Waals surface area (Å²) in [6.07, 6.45) is 1.86. The standard InChI is InChI=1S/C13H21N3O3/c1-5-16(7-6-13(17)18-4)11-8-12(15-9-14-11)19-10(2)3/h8-10H,5-7H2,1-4H3. The van der Waals surface area contributed by atoms with Gasteiger partial charge >= 0.3 is 5.97 Å². The lowest BCUT2D eigenvalue weighted by Crippen LogP contribution is -2.27. The van der Waals surface area contributed by atoms with Gasteiger partial charge in [-0.05, 0) is 20.8 Å². The largest absolute Gasteiger partial charge is 0.475 e. The van der Waals surface area contributed by atoms with E-state index in [0.717, 1.165) is 12.4 Å². The van der Waals surface area contributed by atoms with Crippen molar-refractivity contribution in [3.05, 3.63) is 12.4 Å². The van der Waals surface area contributed by atoms with E-state index in [2.05, 4.69) is 14.7 Å². The van der Waals surface area contributed by atoms with Gasteiger partial charge in [-0.15, -0.1) is 0 Å². The van der Waals surface area contributed by atoms with Crippen molar-refractivity contribution in [1.29, 1.82) is 0 Å². The summed E-state index contributed by atoms with van der Waals surface area (Å²) in [4.78, 5) is 21.4. The minimum absolute atomic E-state index is 0.0629. The Balaban J connectivity index is 2.72. The fourth-order valence-corrected chi connectivity index (χ4v) is 1.57. The van der Waals surface area contributed by atoms with Gasteiger partial charge in [0.25, 0.3) is 0 Å². The van der Waals surface area contributed by atoms with Gasteiger partial charge in [-0.3, -0.25) is 4.79 Å². The van der Waals surface area contributed by atoms with Gasteiger partial charge in [-0.25, -0.2) is 9.97 Å². The van der Waals surface area contributed by atoms with Crippen molar-refractivity contribution in [3.63, 3.8) is 0 Å². The molecule has 0 atom stereocenters. The van der Waals surface area contributed by atoms with E-state index in [1.165, 1.54) is 13.4 Å². The highest BCUT2D eigenvalue weighted by atomic mass is 16.5. The van der Waals surface area contributed by atoms with Gasteiger partial charge in [0.2, 0.25) is 5.88 Å². The molecule has 0 fully saturated rings. The van der Waals surface area contributed by atoms with E-state index in [-0.39, 0.29) is 12.1 Å². The maximum Gasteiger partial charge on any atom is 0.307 e. The first-order valence-corrected chi connectivity index (χ1v) is 6.37. The normalized spacial score (nSPS) is 10.4. The van der Waals surface area contributed by atoms with Crippen LogP contribution in [0, 0.1) is 0 Å². The SMILES string of the molecule is CCN(CCC(=O)OC)c1cc(OC(C)C)ncn1. The second-order valence-corrected chi connectivity index (χ2v) is 4.29. The second-order valence-electron chi connectivity index (χ2n) is 4.29. The number of aromatic nitrogens is 2. The fourth-order valence-electron chi connectivity index (χ4n) is 1.57. The number of hydrogen-bond donors (Lipinski definition) is 0. The summed E-state index contributed by atoms with van der Waals surface area (Å²) in [7, 11) is 1.39. The third kappa shape index (κ3) is 5.11. The lowest BCUT2D eigenvalue weighted by molar-refractivity contribution is -0.140. The van der Waals surface area contributed by atoms with Crippen molar-refractivity contribution < 1.29 is 14.3 Å². The molecule has 1 heterocycles. The third-order valence-electron chi connectivity index (χ3n) is 2.50. The minimum Gasteiger partial charge on any atom is -0.475 e. The molecule has 0 spiro atoms. The van der Waals surface area contributed by atoms with E-state index in [4.69, 9.17) is 4.74 Å². The number of carbonyl (C=O) groups excluding carboxylic acids is 1. The first kappa shape index (κ1) is 15.2. The Morgan fingerprint density at radius 2 is 2.16 bits per heavy atom. The molecule has 0 aliphatic carbocycles. The Labute approximate surface area is 113 Å². The number of esters is 1. The van der Waals surface area contributed by atoms with Gasteiger partial charge in [0.1, 0.15) is 12.1 Å². The first-order chi connectivity index (χ1) is 9.06. The summed E-state index contributed by atoms with van der Waals surface area (Å²) in [6.45, 7) is 7.19.